The third-order valence-electron chi connectivity index (χ3n) is 1.95. The summed E-state index contributed by atoms with van der Waals surface area (Å²) < 4.78 is 0. The minimum Gasteiger partial charge on any atom is -0.121 e. The van der Waals surface area contributed by atoms with Gasteiger partial charge in [-0.1, -0.05) is 19.1 Å². The quantitative estimate of drug-likeness (QED) is 0.395. The molecule has 3 atom stereocenters. The molecule has 1 saturated carbocycles. The van der Waals surface area contributed by atoms with E-state index in [0.717, 1.165) is 18.4 Å². The van der Waals surface area contributed by atoms with E-state index in [1.165, 1.54) is 0 Å². The Bertz CT molecular complexity index is 142. The minimum absolute atomic E-state index is 0.00198. The molecule has 0 aromatic carbocycles. The van der Waals surface area contributed by atoms with Gasteiger partial charge in [0, 0.05) is 0 Å². The van der Waals surface area contributed by atoms with Crippen LogP contribution in [0.1, 0.15) is 19.8 Å². The van der Waals surface area contributed by atoms with Gasteiger partial charge in [-0.3, -0.25) is 0 Å². The molecule has 58 valence electrons. The normalized spacial score (nSPS) is 41.9. The summed E-state index contributed by atoms with van der Waals surface area (Å²) >= 11 is 11.9. The van der Waals surface area contributed by atoms with Crippen LogP contribution in [0.3, 0.4) is 0 Å². The van der Waals surface area contributed by atoms with E-state index in [2.05, 4.69) is 13.5 Å². The van der Waals surface area contributed by atoms with Crippen LogP contribution < -0.4 is 0 Å². The molecule has 0 amide bonds. The lowest BCUT2D eigenvalue weighted by atomic mass is 9.87. The summed E-state index contributed by atoms with van der Waals surface area (Å²) in [6, 6.07) is 0. The Balaban J connectivity index is 2.57. The lowest BCUT2D eigenvalue weighted by Crippen LogP contribution is -2.26. The summed E-state index contributed by atoms with van der Waals surface area (Å²) in [4.78, 5) is 0. The standard InChI is InChI=1S/C8H12Cl2/c1-5-3-6(2)8(10)7(9)4-5/h5,7-8H,2-4H2,1H3. The molecule has 1 fully saturated rings. The third kappa shape index (κ3) is 1.67. The Morgan fingerprint density at radius 1 is 1.50 bits per heavy atom. The van der Waals surface area contributed by atoms with Gasteiger partial charge in [0.25, 0.3) is 0 Å². The SMILES string of the molecule is C=C1CC(C)CC(Cl)C1Cl. The van der Waals surface area contributed by atoms with Crippen molar-refractivity contribution in [3.8, 4) is 0 Å². The van der Waals surface area contributed by atoms with Gasteiger partial charge < -0.3 is 0 Å². The van der Waals surface area contributed by atoms with E-state index in [1.807, 2.05) is 0 Å². The van der Waals surface area contributed by atoms with Gasteiger partial charge >= 0.3 is 0 Å². The van der Waals surface area contributed by atoms with Crippen LogP contribution in [-0.2, 0) is 0 Å². The van der Waals surface area contributed by atoms with Crippen LogP contribution in [0.2, 0.25) is 0 Å². The maximum absolute atomic E-state index is 5.96. The summed E-state index contributed by atoms with van der Waals surface area (Å²) in [5.41, 5.74) is 1.10. The van der Waals surface area contributed by atoms with E-state index in [0.29, 0.717) is 5.92 Å². The highest BCUT2D eigenvalue weighted by Gasteiger charge is 2.27. The lowest BCUT2D eigenvalue weighted by Gasteiger charge is -2.28. The monoisotopic (exact) mass is 178 g/mol. The Morgan fingerprint density at radius 2 is 2.10 bits per heavy atom. The molecule has 1 aliphatic rings. The molecule has 1 rings (SSSR count). The Hall–Kier alpha value is 0.320. The second-order valence-electron chi connectivity index (χ2n) is 3.12. The molecule has 3 unspecified atom stereocenters. The van der Waals surface area contributed by atoms with E-state index in [1.54, 1.807) is 0 Å². The van der Waals surface area contributed by atoms with Crippen LogP contribution >= 0.6 is 23.2 Å². The summed E-state index contributed by atoms with van der Waals surface area (Å²) in [6.45, 7) is 6.06. The molecule has 10 heavy (non-hydrogen) atoms. The fraction of sp³-hybridized carbons (Fsp3) is 0.750. The Kier molecular flexibility index (Phi) is 2.65. The van der Waals surface area contributed by atoms with E-state index < -0.39 is 0 Å². The van der Waals surface area contributed by atoms with Crippen molar-refractivity contribution in [2.75, 3.05) is 0 Å². The van der Waals surface area contributed by atoms with Crippen LogP contribution in [-0.4, -0.2) is 10.8 Å². The number of alkyl halides is 2. The molecule has 0 saturated heterocycles. The van der Waals surface area contributed by atoms with Crippen molar-refractivity contribution < 1.29 is 0 Å². The van der Waals surface area contributed by atoms with Crippen LogP contribution in [0, 0.1) is 5.92 Å². The van der Waals surface area contributed by atoms with Gasteiger partial charge in [-0.2, -0.15) is 0 Å². The molecule has 0 aromatic heterocycles. The second-order valence-corrected chi connectivity index (χ2v) is 4.15. The zero-order chi connectivity index (χ0) is 7.72. The number of hydrogen-bond donors (Lipinski definition) is 0. The molecule has 1 aliphatic carbocycles. The number of hydrogen-bond acceptors (Lipinski definition) is 0. The molecule has 0 nitrogen and oxygen atoms in total. The largest absolute Gasteiger partial charge is 0.121 e. The zero-order valence-electron chi connectivity index (χ0n) is 6.11. The molecule has 0 N–H and O–H groups in total. The Morgan fingerprint density at radius 3 is 2.60 bits per heavy atom. The van der Waals surface area contributed by atoms with Crippen LogP contribution in [0.15, 0.2) is 12.2 Å². The average Bonchev–Trinajstić information content (AvgIpc) is 1.82. The number of rotatable bonds is 0. The fourth-order valence-corrected chi connectivity index (χ4v) is 2.08. The fourth-order valence-electron chi connectivity index (χ4n) is 1.40. The predicted octanol–water partition coefficient (Wildman–Crippen LogP) is 3.19. The summed E-state index contributed by atoms with van der Waals surface area (Å²) in [5.74, 6) is 0.657. The van der Waals surface area contributed by atoms with E-state index in [9.17, 15) is 0 Å². The highest BCUT2D eigenvalue weighted by Crippen LogP contribution is 2.34. The summed E-state index contributed by atoms with van der Waals surface area (Å²) in [6.07, 6.45) is 2.06. The van der Waals surface area contributed by atoms with Crippen molar-refractivity contribution in [3.05, 3.63) is 12.2 Å². The first-order valence-electron chi connectivity index (χ1n) is 3.57. The molecular weight excluding hydrogens is 167 g/mol. The van der Waals surface area contributed by atoms with Gasteiger partial charge in [-0.25, -0.2) is 0 Å². The molecule has 0 heterocycles. The van der Waals surface area contributed by atoms with Crippen molar-refractivity contribution in [2.45, 2.75) is 30.5 Å². The van der Waals surface area contributed by atoms with Crippen molar-refractivity contribution in [2.24, 2.45) is 5.92 Å². The summed E-state index contributed by atoms with van der Waals surface area (Å²) in [5, 5.41) is 0.0933. The van der Waals surface area contributed by atoms with Gasteiger partial charge in [0.1, 0.15) is 0 Å². The van der Waals surface area contributed by atoms with Crippen LogP contribution in [0.5, 0.6) is 0 Å². The molecule has 0 aromatic rings. The zero-order valence-corrected chi connectivity index (χ0v) is 7.62. The van der Waals surface area contributed by atoms with Gasteiger partial charge in [0.2, 0.25) is 0 Å². The number of halogens is 2. The first-order chi connectivity index (χ1) is 4.61. The van der Waals surface area contributed by atoms with Gasteiger partial charge in [0.15, 0.2) is 0 Å². The molecule has 0 radical (unpaired) electrons. The van der Waals surface area contributed by atoms with E-state index in [4.69, 9.17) is 23.2 Å². The molecule has 0 bridgehead atoms. The van der Waals surface area contributed by atoms with Crippen molar-refractivity contribution in [3.63, 3.8) is 0 Å². The first-order valence-corrected chi connectivity index (χ1v) is 4.44. The highest BCUT2D eigenvalue weighted by atomic mass is 35.5. The Labute approximate surface area is 72.2 Å². The molecule has 0 spiro atoms. The molecular formula is C8H12Cl2. The van der Waals surface area contributed by atoms with Gasteiger partial charge in [0.05, 0.1) is 10.8 Å². The minimum atomic E-state index is -0.00198. The topological polar surface area (TPSA) is 0 Å². The molecule has 0 aliphatic heterocycles. The van der Waals surface area contributed by atoms with Crippen molar-refractivity contribution in [1.82, 2.24) is 0 Å². The maximum Gasteiger partial charge on any atom is 0.0706 e. The predicted molar refractivity (Wildman–Crippen MR) is 46.8 cm³/mol. The van der Waals surface area contributed by atoms with Gasteiger partial charge in [-0.05, 0) is 18.8 Å². The lowest BCUT2D eigenvalue weighted by molar-refractivity contribution is 0.463. The number of allylic oxidation sites excluding steroid dienone is 1. The van der Waals surface area contributed by atoms with Gasteiger partial charge in [-0.15, -0.1) is 23.2 Å². The van der Waals surface area contributed by atoms with E-state index >= 15 is 0 Å². The van der Waals surface area contributed by atoms with Crippen LogP contribution in [0.4, 0.5) is 0 Å². The maximum atomic E-state index is 5.96. The van der Waals surface area contributed by atoms with Crippen molar-refractivity contribution >= 4 is 23.2 Å². The van der Waals surface area contributed by atoms with Crippen LogP contribution in [0.25, 0.3) is 0 Å². The highest BCUT2D eigenvalue weighted by molar-refractivity contribution is 6.31. The van der Waals surface area contributed by atoms with E-state index in [-0.39, 0.29) is 10.8 Å². The molecule has 2 heteroatoms. The average molecular weight is 179 g/mol. The summed E-state index contributed by atoms with van der Waals surface area (Å²) in [7, 11) is 0. The second kappa shape index (κ2) is 3.15. The van der Waals surface area contributed by atoms with Crippen molar-refractivity contribution in [1.29, 1.82) is 0 Å². The first kappa shape index (κ1) is 8.42. The third-order valence-corrected chi connectivity index (χ3v) is 3.12. The smallest absolute Gasteiger partial charge is 0.0706 e.